The van der Waals surface area contributed by atoms with E-state index in [4.69, 9.17) is 4.74 Å². The van der Waals surface area contributed by atoms with E-state index in [2.05, 4.69) is 4.98 Å². The molecule has 0 spiro atoms. The fraction of sp³-hybridized carbons (Fsp3) is 0.200. The van der Waals surface area contributed by atoms with E-state index < -0.39 is 17.6 Å². The third-order valence-corrected chi connectivity index (χ3v) is 2.80. The van der Waals surface area contributed by atoms with Crippen LogP contribution < -0.4 is 0 Å². The van der Waals surface area contributed by atoms with Crippen molar-refractivity contribution in [1.82, 2.24) is 4.98 Å². The van der Waals surface area contributed by atoms with Crippen LogP contribution in [0, 0.1) is 18.6 Å². The minimum absolute atomic E-state index is 0.145. The lowest BCUT2D eigenvalue weighted by Crippen LogP contribution is -2.08. The number of benzene rings is 1. The van der Waals surface area contributed by atoms with E-state index in [0.29, 0.717) is 5.69 Å². The van der Waals surface area contributed by atoms with Crippen LogP contribution in [0.25, 0.3) is 11.3 Å². The number of halogens is 2. The molecule has 3 nitrogen and oxygen atoms in total. The van der Waals surface area contributed by atoms with Gasteiger partial charge >= 0.3 is 5.97 Å². The summed E-state index contributed by atoms with van der Waals surface area (Å²) in [5.41, 5.74) is 0.591. The molecule has 20 heavy (non-hydrogen) atoms. The molecule has 0 saturated heterocycles. The van der Waals surface area contributed by atoms with E-state index in [-0.39, 0.29) is 23.4 Å². The normalized spacial score (nSPS) is 10.4. The fourth-order valence-corrected chi connectivity index (χ4v) is 1.87. The van der Waals surface area contributed by atoms with Gasteiger partial charge in [-0.05, 0) is 38.1 Å². The lowest BCUT2D eigenvalue weighted by atomic mass is 10.1. The number of rotatable bonds is 3. The summed E-state index contributed by atoms with van der Waals surface area (Å²) < 4.78 is 32.2. The zero-order chi connectivity index (χ0) is 14.7. The predicted octanol–water partition coefficient (Wildman–Crippen LogP) is 3.51. The number of esters is 1. The smallest absolute Gasteiger partial charge is 0.339 e. The summed E-state index contributed by atoms with van der Waals surface area (Å²) in [7, 11) is 0. The van der Waals surface area contributed by atoms with Crippen molar-refractivity contribution >= 4 is 5.97 Å². The highest BCUT2D eigenvalue weighted by atomic mass is 19.1. The molecule has 0 unspecified atom stereocenters. The van der Waals surface area contributed by atoms with Gasteiger partial charge < -0.3 is 4.74 Å². The number of hydrogen-bond acceptors (Lipinski definition) is 3. The number of aromatic nitrogens is 1. The molecular weight excluding hydrogens is 264 g/mol. The SMILES string of the molecule is CCOC(=O)c1ccc(-c2c(F)cccc2F)nc1C. The van der Waals surface area contributed by atoms with Gasteiger partial charge in [-0.1, -0.05) is 6.07 Å². The maximum Gasteiger partial charge on any atom is 0.339 e. The van der Waals surface area contributed by atoms with Crippen molar-refractivity contribution in [1.29, 1.82) is 0 Å². The van der Waals surface area contributed by atoms with Gasteiger partial charge in [-0.3, -0.25) is 4.98 Å². The average molecular weight is 277 g/mol. The first kappa shape index (κ1) is 14.1. The van der Waals surface area contributed by atoms with Crippen LogP contribution in [0.15, 0.2) is 30.3 Å². The van der Waals surface area contributed by atoms with Crippen molar-refractivity contribution in [3.63, 3.8) is 0 Å². The molecule has 1 aromatic carbocycles. The molecule has 0 N–H and O–H groups in total. The summed E-state index contributed by atoms with van der Waals surface area (Å²) in [4.78, 5) is 15.7. The largest absolute Gasteiger partial charge is 0.462 e. The van der Waals surface area contributed by atoms with E-state index in [1.54, 1.807) is 13.8 Å². The molecule has 0 amide bonds. The van der Waals surface area contributed by atoms with Crippen molar-refractivity contribution in [3.8, 4) is 11.3 Å². The van der Waals surface area contributed by atoms with Crippen molar-refractivity contribution in [2.45, 2.75) is 13.8 Å². The second kappa shape index (κ2) is 5.77. The molecule has 0 saturated carbocycles. The summed E-state index contributed by atoms with van der Waals surface area (Å²) in [6.45, 7) is 3.54. The highest BCUT2D eigenvalue weighted by molar-refractivity contribution is 5.90. The molecule has 2 rings (SSSR count). The number of carbonyl (C=O) groups is 1. The number of ether oxygens (including phenoxy) is 1. The molecule has 0 bridgehead atoms. The molecule has 0 aliphatic carbocycles. The first-order valence-corrected chi connectivity index (χ1v) is 6.13. The van der Waals surface area contributed by atoms with Gasteiger partial charge in [0.2, 0.25) is 0 Å². The Hall–Kier alpha value is -2.30. The summed E-state index contributed by atoms with van der Waals surface area (Å²) in [5.74, 6) is -1.89. The molecule has 0 aliphatic heterocycles. The highest BCUT2D eigenvalue weighted by Gasteiger charge is 2.16. The van der Waals surface area contributed by atoms with E-state index in [0.717, 1.165) is 12.1 Å². The van der Waals surface area contributed by atoms with E-state index in [9.17, 15) is 13.6 Å². The van der Waals surface area contributed by atoms with Crippen molar-refractivity contribution in [2.24, 2.45) is 0 Å². The highest BCUT2D eigenvalue weighted by Crippen LogP contribution is 2.25. The molecule has 0 aliphatic rings. The van der Waals surface area contributed by atoms with Crippen LogP contribution in [-0.4, -0.2) is 17.6 Å². The second-order valence-electron chi connectivity index (χ2n) is 4.15. The Labute approximate surface area is 115 Å². The van der Waals surface area contributed by atoms with Crippen LogP contribution in [-0.2, 0) is 4.74 Å². The molecule has 1 aromatic heterocycles. The third kappa shape index (κ3) is 2.66. The van der Waals surface area contributed by atoms with Gasteiger partial charge in [0.25, 0.3) is 0 Å². The Morgan fingerprint density at radius 1 is 1.20 bits per heavy atom. The number of nitrogens with zero attached hydrogens (tertiary/aromatic N) is 1. The molecule has 104 valence electrons. The van der Waals surface area contributed by atoms with Gasteiger partial charge in [0.15, 0.2) is 0 Å². The lowest BCUT2D eigenvalue weighted by Gasteiger charge is -2.08. The zero-order valence-corrected chi connectivity index (χ0v) is 11.1. The number of carbonyl (C=O) groups excluding carboxylic acids is 1. The number of aryl methyl sites for hydroxylation is 1. The summed E-state index contributed by atoms with van der Waals surface area (Å²) in [6, 6.07) is 6.47. The van der Waals surface area contributed by atoms with Crippen LogP contribution in [0.4, 0.5) is 8.78 Å². The maximum absolute atomic E-state index is 13.7. The summed E-state index contributed by atoms with van der Waals surface area (Å²) >= 11 is 0. The Morgan fingerprint density at radius 3 is 2.40 bits per heavy atom. The monoisotopic (exact) mass is 277 g/mol. The van der Waals surface area contributed by atoms with Gasteiger partial charge in [-0.2, -0.15) is 0 Å². The molecule has 0 radical (unpaired) electrons. The Balaban J connectivity index is 2.46. The molecule has 0 atom stereocenters. The van der Waals surface area contributed by atoms with Crippen LogP contribution in [0.5, 0.6) is 0 Å². The molecular formula is C15H13F2NO2. The van der Waals surface area contributed by atoms with E-state index in [1.165, 1.54) is 18.2 Å². The van der Waals surface area contributed by atoms with Crippen LogP contribution >= 0.6 is 0 Å². The van der Waals surface area contributed by atoms with Crippen molar-refractivity contribution in [3.05, 3.63) is 53.2 Å². The average Bonchev–Trinajstić information content (AvgIpc) is 2.38. The molecule has 2 aromatic rings. The topological polar surface area (TPSA) is 39.2 Å². The van der Waals surface area contributed by atoms with Gasteiger partial charge in [0.05, 0.1) is 29.1 Å². The predicted molar refractivity (Wildman–Crippen MR) is 70.3 cm³/mol. The Kier molecular flexibility index (Phi) is 4.08. The van der Waals surface area contributed by atoms with Gasteiger partial charge in [-0.25, -0.2) is 13.6 Å². The van der Waals surface area contributed by atoms with Gasteiger partial charge in [-0.15, -0.1) is 0 Å². The first-order valence-electron chi connectivity index (χ1n) is 6.13. The van der Waals surface area contributed by atoms with Crippen LogP contribution in [0.1, 0.15) is 23.0 Å². The Morgan fingerprint density at radius 2 is 1.85 bits per heavy atom. The quantitative estimate of drug-likeness (QED) is 0.806. The second-order valence-corrected chi connectivity index (χ2v) is 4.15. The van der Waals surface area contributed by atoms with E-state index >= 15 is 0 Å². The standard InChI is InChI=1S/C15H13F2NO2/c1-3-20-15(19)10-7-8-13(18-9(10)2)14-11(16)5-4-6-12(14)17/h4-8H,3H2,1-2H3. The van der Waals surface area contributed by atoms with Gasteiger partial charge in [0, 0.05) is 0 Å². The zero-order valence-electron chi connectivity index (χ0n) is 11.1. The number of hydrogen-bond donors (Lipinski definition) is 0. The summed E-state index contributed by atoms with van der Waals surface area (Å²) in [5, 5.41) is 0. The number of pyridine rings is 1. The van der Waals surface area contributed by atoms with Crippen LogP contribution in [0.2, 0.25) is 0 Å². The van der Waals surface area contributed by atoms with E-state index in [1.807, 2.05) is 0 Å². The van der Waals surface area contributed by atoms with Gasteiger partial charge in [0.1, 0.15) is 11.6 Å². The Bertz CT molecular complexity index is 636. The lowest BCUT2D eigenvalue weighted by molar-refractivity contribution is 0.0525. The van der Waals surface area contributed by atoms with Crippen molar-refractivity contribution in [2.75, 3.05) is 6.61 Å². The minimum Gasteiger partial charge on any atom is -0.462 e. The molecule has 0 fully saturated rings. The van der Waals surface area contributed by atoms with Crippen molar-refractivity contribution < 1.29 is 18.3 Å². The molecule has 5 heteroatoms. The first-order chi connectivity index (χ1) is 9.54. The fourth-order valence-electron chi connectivity index (χ4n) is 1.87. The third-order valence-electron chi connectivity index (χ3n) is 2.80. The molecule has 1 heterocycles. The minimum atomic E-state index is -0.694. The maximum atomic E-state index is 13.7. The van der Waals surface area contributed by atoms with Crippen LogP contribution in [0.3, 0.4) is 0 Å². The summed E-state index contributed by atoms with van der Waals surface area (Å²) in [6.07, 6.45) is 0.